The first kappa shape index (κ1) is 22.1. The van der Waals surface area contributed by atoms with Gasteiger partial charge in [-0.1, -0.05) is 19.9 Å². The van der Waals surface area contributed by atoms with Crippen molar-refractivity contribution >= 4 is 40.7 Å². The second kappa shape index (κ2) is 10.8. The van der Waals surface area contributed by atoms with Gasteiger partial charge in [0, 0.05) is 32.2 Å². The third-order valence-electron chi connectivity index (χ3n) is 3.94. The van der Waals surface area contributed by atoms with Gasteiger partial charge in [0.05, 0.1) is 4.47 Å². The van der Waals surface area contributed by atoms with Crippen LogP contribution in [0.4, 0.5) is 4.39 Å². The lowest BCUT2D eigenvalue weighted by molar-refractivity contribution is 0.159. The lowest BCUT2D eigenvalue weighted by atomic mass is 9.95. The number of hydrogen-bond donors (Lipinski definition) is 1. The molecule has 0 aliphatic carbocycles. The van der Waals surface area contributed by atoms with Crippen molar-refractivity contribution in [2.45, 2.75) is 32.7 Å². The Morgan fingerprint density at radius 1 is 1.18 bits per heavy atom. The van der Waals surface area contributed by atoms with Crippen LogP contribution in [0.5, 0.6) is 0 Å². The number of halogens is 4. The molecule has 22 heavy (non-hydrogen) atoms. The summed E-state index contributed by atoms with van der Waals surface area (Å²) >= 11 is 3.24. The summed E-state index contributed by atoms with van der Waals surface area (Å²) < 4.78 is 14.4. The average Bonchev–Trinajstić information content (AvgIpc) is 2.44. The summed E-state index contributed by atoms with van der Waals surface area (Å²) in [6.07, 6.45) is 2.27. The van der Waals surface area contributed by atoms with Gasteiger partial charge < -0.3 is 5.32 Å². The molecule has 6 heteroatoms. The van der Waals surface area contributed by atoms with Crippen LogP contribution in [0.3, 0.4) is 0 Å². The molecule has 1 N–H and O–H groups in total. The van der Waals surface area contributed by atoms with Crippen LogP contribution in [0.15, 0.2) is 22.7 Å². The topological polar surface area (TPSA) is 15.3 Å². The van der Waals surface area contributed by atoms with Crippen molar-refractivity contribution in [1.29, 1.82) is 0 Å². The molecular weight excluding hydrogens is 390 g/mol. The van der Waals surface area contributed by atoms with Crippen LogP contribution in [-0.2, 0) is 0 Å². The molecule has 1 aliphatic heterocycles. The fraction of sp³-hybridized carbons (Fsp3) is 0.625. The summed E-state index contributed by atoms with van der Waals surface area (Å²) in [6, 6.07) is 5.91. The zero-order valence-electron chi connectivity index (χ0n) is 13.1. The van der Waals surface area contributed by atoms with E-state index < -0.39 is 0 Å². The first-order valence-electron chi connectivity index (χ1n) is 7.47. The molecule has 128 valence electrons. The molecule has 0 saturated carbocycles. The van der Waals surface area contributed by atoms with Gasteiger partial charge in [-0.15, -0.1) is 24.8 Å². The number of piperazine rings is 1. The Bertz CT molecular complexity index is 440. The Labute approximate surface area is 154 Å². The molecule has 1 fully saturated rings. The van der Waals surface area contributed by atoms with Crippen LogP contribution in [0.2, 0.25) is 0 Å². The number of benzene rings is 1. The van der Waals surface area contributed by atoms with E-state index in [9.17, 15) is 4.39 Å². The molecule has 1 aromatic rings. The molecule has 1 aromatic carbocycles. The molecule has 1 aliphatic rings. The van der Waals surface area contributed by atoms with Gasteiger partial charge in [-0.05, 0) is 52.4 Å². The summed E-state index contributed by atoms with van der Waals surface area (Å²) in [4.78, 5) is 2.49. The van der Waals surface area contributed by atoms with Gasteiger partial charge in [0.2, 0.25) is 0 Å². The summed E-state index contributed by atoms with van der Waals surface area (Å²) in [5, 5.41) is 3.38. The van der Waals surface area contributed by atoms with E-state index in [1.165, 1.54) is 6.42 Å². The minimum Gasteiger partial charge on any atom is -0.314 e. The third kappa shape index (κ3) is 6.32. The van der Waals surface area contributed by atoms with Crippen LogP contribution in [0.25, 0.3) is 0 Å². The minimum atomic E-state index is -0.160. The molecule has 0 amide bonds. The molecule has 2 rings (SSSR count). The highest BCUT2D eigenvalue weighted by atomic mass is 79.9. The average molecular weight is 416 g/mol. The molecular formula is C16H26BrCl2FN2. The van der Waals surface area contributed by atoms with E-state index in [1.54, 1.807) is 6.07 Å². The first-order chi connectivity index (χ1) is 9.58. The molecule has 2 nitrogen and oxygen atoms in total. The lowest BCUT2D eigenvalue weighted by Gasteiger charge is -2.35. The Morgan fingerprint density at radius 3 is 2.36 bits per heavy atom. The fourth-order valence-corrected chi connectivity index (χ4v) is 3.01. The Balaban J connectivity index is 0.00000220. The highest BCUT2D eigenvalue weighted by Crippen LogP contribution is 2.30. The van der Waals surface area contributed by atoms with Crippen molar-refractivity contribution in [3.8, 4) is 0 Å². The molecule has 0 spiro atoms. The number of nitrogens with zero attached hydrogens (tertiary/aromatic N) is 1. The highest BCUT2D eigenvalue weighted by molar-refractivity contribution is 9.10. The van der Waals surface area contributed by atoms with E-state index in [4.69, 9.17) is 0 Å². The Hall–Kier alpha value is 0.130. The summed E-state index contributed by atoms with van der Waals surface area (Å²) in [5.74, 6) is 0.521. The molecule has 0 radical (unpaired) electrons. The number of rotatable bonds is 5. The van der Waals surface area contributed by atoms with Crippen LogP contribution in [-0.4, -0.2) is 31.1 Å². The fourth-order valence-electron chi connectivity index (χ4n) is 2.76. The third-order valence-corrected chi connectivity index (χ3v) is 4.58. The first-order valence-corrected chi connectivity index (χ1v) is 8.27. The molecule has 0 unspecified atom stereocenters. The molecule has 1 atom stereocenters. The quantitative estimate of drug-likeness (QED) is 0.741. The largest absolute Gasteiger partial charge is 0.314 e. The van der Waals surface area contributed by atoms with Crippen LogP contribution in [0.1, 0.15) is 38.3 Å². The standard InChI is InChI=1S/C16H24BrFN2.2ClH/c1-12(2)3-6-16(20-9-7-19-8-10-20)13-4-5-14(17)15(18)11-13;;/h4-5,11-12,16,19H,3,6-10H2,1-2H3;2*1H/t16-;;/m1../s1. The molecule has 1 heterocycles. The van der Waals surface area contributed by atoms with Gasteiger partial charge >= 0.3 is 0 Å². The summed E-state index contributed by atoms with van der Waals surface area (Å²) in [5.41, 5.74) is 1.10. The van der Waals surface area contributed by atoms with Crippen molar-refractivity contribution in [2.75, 3.05) is 26.2 Å². The van der Waals surface area contributed by atoms with E-state index in [-0.39, 0.29) is 30.6 Å². The number of nitrogens with one attached hydrogen (secondary N) is 1. The predicted molar refractivity (Wildman–Crippen MR) is 99.9 cm³/mol. The van der Waals surface area contributed by atoms with Crippen LogP contribution >= 0.6 is 40.7 Å². The van der Waals surface area contributed by atoms with Crippen LogP contribution in [0, 0.1) is 11.7 Å². The Morgan fingerprint density at radius 2 is 1.82 bits per heavy atom. The van der Waals surface area contributed by atoms with E-state index in [2.05, 4.69) is 46.1 Å². The molecule has 0 bridgehead atoms. The van der Waals surface area contributed by atoms with Crippen molar-refractivity contribution in [1.82, 2.24) is 10.2 Å². The van der Waals surface area contributed by atoms with Crippen LogP contribution < -0.4 is 5.32 Å². The maximum atomic E-state index is 13.8. The van der Waals surface area contributed by atoms with Gasteiger partial charge in [0.25, 0.3) is 0 Å². The second-order valence-electron chi connectivity index (χ2n) is 5.95. The predicted octanol–water partition coefficient (Wildman–Crippen LogP) is 4.81. The van der Waals surface area contributed by atoms with E-state index in [0.29, 0.717) is 16.4 Å². The SMILES string of the molecule is CC(C)CC[C@H](c1ccc(Br)c(F)c1)N1CCNCC1.Cl.Cl. The minimum absolute atomic E-state index is 0. The Kier molecular flexibility index (Phi) is 10.9. The smallest absolute Gasteiger partial charge is 0.137 e. The van der Waals surface area contributed by atoms with Gasteiger partial charge in [0.1, 0.15) is 5.82 Å². The van der Waals surface area contributed by atoms with Gasteiger partial charge in [-0.25, -0.2) is 4.39 Å². The zero-order chi connectivity index (χ0) is 14.5. The zero-order valence-corrected chi connectivity index (χ0v) is 16.4. The van der Waals surface area contributed by atoms with Crippen molar-refractivity contribution in [3.05, 3.63) is 34.1 Å². The van der Waals surface area contributed by atoms with Gasteiger partial charge in [-0.2, -0.15) is 0 Å². The van der Waals surface area contributed by atoms with Gasteiger partial charge in [-0.3, -0.25) is 4.90 Å². The highest BCUT2D eigenvalue weighted by Gasteiger charge is 2.22. The molecule has 1 saturated heterocycles. The summed E-state index contributed by atoms with van der Waals surface area (Å²) in [7, 11) is 0. The van der Waals surface area contributed by atoms with E-state index >= 15 is 0 Å². The lowest BCUT2D eigenvalue weighted by Crippen LogP contribution is -2.45. The summed E-state index contributed by atoms with van der Waals surface area (Å²) in [6.45, 7) is 8.63. The van der Waals surface area contributed by atoms with Crippen molar-refractivity contribution in [2.24, 2.45) is 5.92 Å². The van der Waals surface area contributed by atoms with Crippen molar-refractivity contribution < 1.29 is 4.39 Å². The van der Waals surface area contributed by atoms with E-state index in [1.807, 2.05) is 6.07 Å². The normalized spacial score (nSPS) is 16.8. The molecule has 0 aromatic heterocycles. The maximum Gasteiger partial charge on any atom is 0.137 e. The van der Waals surface area contributed by atoms with Gasteiger partial charge in [0.15, 0.2) is 0 Å². The van der Waals surface area contributed by atoms with E-state index in [0.717, 1.165) is 38.2 Å². The monoisotopic (exact) mass is 414 g/mol. The second-order valence-corrected chi connectivity index (χ2v) is 6.80. The number of hydrogen-bond acceptors (Lipinski definition) is 2. The maximum absolute atomic E-state index is 13.8. The van der Waals surface area contributed by atoms with Crippen molar-refractivity contribution in [3.63, 3.8) is 0 Å².